The Morgan fingerprint density at radius 1 is 1.31 bits per heavy atom. The molecule has 8 nitrogen and oxygen atoms in total. The zero-order valence-corrected chi connectivity index (χ0v) is 17.9. The first-order valence-corrected chi connectivity index (χ1v) is 10.0. The molecule has 2 aromatic rings. The molecule has 1 aromatic carbocycles. The standard InChI is InChI=1S/C21H31N5O3/c1-6-22-21(24-14(2)11-18-15(3)25-26(5)16(18)4)23-9-10-27-17-7-8-19-20(12-17)29-13-28-19/h7-8,12,14H,6,9-11,13H2,1-5H3,(H2,22,23,24). The molecule has 0 bridgehead atoms. The molecule has 158 valence electrons. The van der Waals surface area contributed by atoms with E-state index in [1.165, 1.54) is 11.3 Å². The molecule has 8 heteroatoms. The molecule has 0 aliphatic carbocycles. The Balaban J connectivity index is 1.51. The van der Waals surface area contributed by atoms with Crippen LogP contribution in [0.5, 0.6) is 17.2 Å². The van der Waals surface area contributed by atoms with Gasteiger partial charge in [0.2, 0.25) is 6.79 Å². The van der Waals surface area contributed by atoms with Gasteiger partial charge in [0.05, 0.1) is 12.2 Å². The van der Waals surface area contributed by atoms with Gasteiger partial charge in [-0.05, 0) is 51.8 Å². The van der Waals surface area contributed by atoms with Crippen molar-refractivity contribution in [3.05, 3.63) is 35.2 Å². The predicted octanol–water partition coefficient (Wildman–Crippen LogP) is 2.33. The van der Waals surface area contributed by atoms with E-state index in [0.29, 0.717) is 13.2 Å². The SMILES string of the molecule is CCNC(=NCCOc1ccc2c(c1)OCO2)NC(C)Cc1c(C)nn(C)c1C. The molecule has 2 N–H and O–H groups in total. The smallest absolute Gasteiger partial charge is 0.231 e. The van der Waals surface area contributed by atoms with E-state index in [1.807, 2.05) is 29.9 Å². The number of ether oxygens (including phenoxy) is 3. The molecule has 2 heterocycles. The van der Waals surface area contributed by atoms with E-state index in [0.717, 1.165) is 41.9 Å². The second kappa shape index (κ2) is 9.54. The molecule has 1 aromatic heterocycles. The lowest BCUT2D eigenvalue weighted by atomic mass is 10.1. The van der Waals surface area contributed by atoms with Gasteiger partial charge >= 0.3 is 0 Å². The molecule has 0 spiro atoms. The molecule has 1 aliphatic rings. The Labute approximate surface area is 172 Å². The highest BCUT2D eigenvalue weighted by atomic mass is 16.7. The van der Waals surface area contributed by atoms with Gasteiger partial charge < -0.3 is 24.8 Å². The summed E-state index contributed by atoms with van der Waals surface area (Å²) in [5.74, 6) is 3.00. The molecule has 0 radical (unpaired) electrons. The first-order chi connectivity index (χ1) is 14.0. The van der Waals surface area contributed by atoms with E-state index in [2.05, 4.69) is 48.4 Å². The summed E-state index contributed by atoms with van der Waals surface area (Å²) in [7, 11) is 1.98. The quantitative estimate of drug-likeness (QED) is 0.401. The lowest BCUT2D eigenvalue weighted by Gasteiger charge is -2.18. The van der Waals surface area contributed by atoms with Crippen molar-refractivity contribution in [2.24, 2.45) is 12.0 Å². The van der Waals surface area contributed by atoms with Crippen molar-refractivity contribution in [1.29, 1.82) is 0 Å². The van der Waals surface area contributed by atoms with Gasteiger partial charge in [-0.15, -0.1) is 0 Å². The summed E-state index contributed by atoms with van der Waals surface area (Å²) >= 11 is 0. The van der Waals surface area contributed by atoms with Crippen molar-refractivity contribution >= 4 is 5.96 Å². The summed E-state index contributed by atoms with van der Waals surface area (Å²) in [6.45, 7) is 10.5. The number of nitrogens with zero attached hydrogens (tertiary/aromatic N) is 3. The van der Waals surface area contributed by atoms with Crippen LogP contribution in [0, 0.1) is 13.8 Å². The van der Waals surface area contributed by atoms with Crippen LogP contribution in [0.2, 0.25) is 0 Å². The zero-order chi connectivity index (χ0) is 20.8. The number of aliphatic imine (C=N–C) groups is 1. The number of aryl methyl sites for hydroxylation is 2. The Hall–Kier alpha value is -2.90. The number of rotatable bonds is 8. The third kappa shape index (κ3) is 5.34. The van der Waals surface area contributed by atoms with Crippen LogP contribution in [0.4, 0.5) is 0 Å². The van der Waals surface area contributed by atoms with Gasteiger partial charge in [0.25, 0.3) is 0 Å². The molecule has 1 atom stereocenters. The van der Waals surface area contributed by atoms with Gasteiger partial charge in [0.1, 0.15) is 12.4 Å². The predicted molar refractivity (Wildman–Crippen MR) is 113 cm³/mol. The molecule has 1 aliphatic heterocycles. The second-order valence-corrected chi connectivity index (χ2v) is 7.15. The number of benzene rings is 1. The first kappa shape index (κ1) is 20.8. The molecule has 0 saturated heterocycles. The largest absolute Gasteiger partial charge is 0.492 e. The van der Waals surface area contributed by atoms with E-state index >= 15 is 0 Å². The fourth-order valence-corrected chi connectivity index (χ4v) is 3.31. The van der Waals surface area contributed by atoms with Crippen LogP contribution in [0.25, 0.3) is 0 Å². The molecular weight excluding hydrogens is 370 g/mol. The monoisotopic (exact) mass is 401 g/mol. The van der Waals surface area contributed by atoms with Crippen LogP contribution in [-0.2, 0) is 13.5 Å². The van der Waals surface area contributed by atoms with E-state index in [4.69, 9.17) is 14.2 Å². The zero-order valence-electron chi connectivity index (χ0n) is 17.9. The average Bonchev–Trinajstić information content (AvgIpc) is 3.25. The summed E-state index contributed by atoms with van der Waals surface area (Å²) in [6.07, 6.45) is 0.892. The van der Waals surface area contributed by atoms with E-state index < -0.39 is 0 Å². The van der Waals surface area contributed by atoms with Crippen molar-refractivity contribution in [1.82, 2.24) is 20.4 Å². The van der Waals surface area contributed by atoms with E-state index in [9.17, 15) is 0 Å². The van der Waals surface area contributed by atoms with Crippen LogP contribution in [0.15, 0.2) is 23.2 Å². The lowest BCUT2D eigenvalue weighted by molar-refractivity contribution is 0.173. The van der Waals surface area contributed by atoms with Gasteiger partial charge in [0, 0.05) is 31.4 Å². The Morgan fingerprint density at radius 3 is 2.83 bits per heavy atom. The Morgan fingerprint density at radius 2 is 2.10 bits per heavy atom. The minimum atomic E-state index is 0.226. The summed E-state index contributed by atoms with van der Waals surface area (Å²) < 4.78 is 18.4. The maximum Gasteiger partial charge on any atom is 0.231 e. The fraction of sp³-hybridized carbons (Fsp3) is 0.524. The van der Waals surface area contributed by atoms with Gasteiger partial charge in [-0.25, -0.2) is 4.99 Å². The maximum absolute atomic E-state index is 5.79. The lowest BCUT2D eigenvalue weighted by Crippen LogP contribution is -2.43. The maximum atomic E-state index is 5.79. The van der Waals surface area contributed by atoms with Crippen LogP contribution < -0.4 is 24.8 Å². The number of nitrogens with one attached hydrogen (secondary N) is 2. The van der Waals surface area contributed by atoms with Crippen molar-refractivity contribution in [3.8, 4) is 17.2 Å². The van der Waals surface area contributed by atoms with E-state index in [-0.39, 0.29) is 12.8 Å². The molecule has 0 amide bonds. The van der Waals surface area contributed by atoms with E-state index in [1.54, 1.807) is 0 Å². The topological polar surface area (TPSA) is 81.9 Å². The number of hydrogen-bond acceptors (Lipinski definition) is 5. The molecule has 0 saturated carbocycles. The molecule has 0 fully saturated rings. The van der Waals surface area contributed by atoms with Crippen LogP contribution in [0.1, 0.15) is 30.8 Å². The highest BCUT2D eigenvalue weighted by Gasteiger charge is 2.15. The van der Waals surface area contributed by atoms with Gasteiger partial charge in [0.15, 0.2) is 17.5 Å². The summed E-state index contributed by atoms with van der Waals surface area (Å²) in [5.41, 5.74) is 3.57. The van der Waals surface area contributed by atoms with Gasteiger partial charge in [-0.1, -0.05) is 0 Å². The van der Waals surface area contributed by atoms with Crippen molar-refractivity contribution in [2.45, 2.75) is 40.2 Å². The second-order valence-electron chi connectivity index (χ2n) is 7.15. The number of guanidine groups is 1. The first-order valence-electron chi connectivity index (χ1n) is 10.0. The number of hydrogen-bond donors (Lipinski definition) is 2. The van der Waals surface area contributed by atoms with Crippen LogP contribution in [0.3, 0.4) is 0 Å². The third-order valence-electron chi connectivity index (χ3n) is 4.87. The summed E-state index contributed by atoms with van der Waals surface area (Å²) in [5, 5.41) is 11.3. The van der Waals surface area contributed by atoms with Crippen LogP contribution in [-0.4, -0.2) is 48.3 Å². The average molecular weight is 402 g/mol. The minimum Gasteiger partial charge on any atom is -0.492 e. The third-order valence-corrected chi connectivity index (χ3v) is 4.87. The summed E-state index contributed by atoms with van der Waals surface area (Å²) in [4.78, 5) is 4.63. The van der Waals surface area contributed by atoms with Crippen molar-refractivity contribution < 1.29 is 14.2 Å². The molecular formula is C21H31N5O3. The molecule has 29 heavy (non-hydrogen) atoms. The minimum absolute atomic E-state index is 0.226. The Kier molecular flexibility index (Phi) is 6.85. The van der Waals surface area contributed by atoms with Crippen molar-refractivity contribution in [2.75, 3.05) is 26.5 Å². The summed E-state index contributed by atoms with van der Waals surface area (Å²) in [6, 6.07) is 5.80. The van der Waals surface area contributed by atoms with Crippen LogP contribution >= 0.6 is 0 Å². The fourth-order valence-electron chi connectivity index (χ4n) is 3.31. The van der Waals surface area contributed by atoms with Gasteiger partial charge in [-0.2, -0.15) is 5.10 Å². The van der Waals surface area contributed by atoms with Crippen molar-refractivity contribution in [3.63, 3.8) is 0 Å². The normalized spacial score (nSPS) is 14.0. The number of aromatic nitrogens is 2. The highest BCUT2D eigenvalue weighted by molar-refractivity contribution is 5.80. The molecule has 1 unspecified atom stereocenters. The number of fused-ring (bicyclic) bond motifs is 1. The Bertz CT molecular complexity index is 862. The highest BCUT2D eigenvalue weighted by Crippen LogP contribution is 2.34. The molecule has 3 rings (SSSR count). The van der Waals surface area contributed by atoms with Gasteiger partial charge in [-0.3, -0.25) is 4.68 Å².